The molecule has 0 radical (unpaired) electrons. The number of likely N-dealkylation sites (tertiary alicyclic amines) is 1. The summed E-state index contributed by atoms with van der Waals surface area (Å²) < 4.78 is 5.76. The Kier molecular flexibility index (Phi) is 8.72. The van der Waals surface area contributed by atoms with Crippen LogP contribution in [-0.4, -0.2) is 51.7 Å². The van der Waals surface area contributed by atoms with E-state index in [4.69, 9.17) is 17.4 Å². The van der Waals surface area contributed by atoms with Crippen LogP contribution in [-0.2, 0) is 14.9 Å². The smallest absolute Gasteiger partial charge is 0.408 e. The Bertz CT molecular complexity index is 1150. The fourth-order valence-corrected chi connectivity index (χ4v) is 6.35. The number of amides is 1. The number of hydrogen-bond acceptors (Lipinski definition) is 5. The number of carboxylic acid groups (broad SMARTS) is 1. The van der Waals surface area contributed by atoms with Crippen molar-refractivity contribution >= 4 is 24.7 Å². The third kappa shape index (κ3) is 6.15. The van der Waals surface area contributed by atoms with Crippen LogP contribution in [0.4, 0.5) is 4.79 Å². The number of alkyl carbamates (subject to hydrolysis) is 1. The standard InChI is InChI=1S/C32H38N2O4S/c1-30(2,3)38-29(37)33-31(39,21-23-34-22-13-20-27(34)28(35)36)32(24-14-7-4-8-15-24,25-16-9-5-10-17-25)26-18-11-6-12-19-26/h4-12,14-19,27,39H,13,20-23H2,1-3H3,(H,33,37)(H,35,36)/t27-,31+/m0/s1. The first-order chi connectivity index (χ1) is 18.6. The first-order valence-corrected chi connectivity index (χ1v) is 13.9. The minimum atomic E-state index is -1.22. The van der Waals surface area contributed by atoms with E-state index >= 15 is 0 Å². The maximum Gasteiger partial charge on any atom is 0.408 e. The minimum absolute atomic E-state index is 0.359. The van der Waals surface area contributed by atoms with Gasteiger partial charge in [-0.25, -0.2) is 4.79 Å². The number of ether oxygens (including phenoxy) is 1. The summed E-state index contributed by atoms with van der Waals surface area (Å²) in [7, 11) is 0. The van der Waals surface area contributed by atoms with Crippen molar-refractivity contribution in [2.24, 2.45) is 0 Å². The molecule has 39 heavy (non-hydrogen) atoms. The summed E-state index contributed by atoms with van der Waals surface area (Å²) in [5, 5.41) is 13.0. The second kappa shape index (κ2) is 11.8. The molecule has 0 bridgehead atoms. The van der Waals surface area contributed by atoms with E-state index in [1.807, 2.05) is 80.3 Å². The normalized spacial score (nSPS) is 17.8. The van der Waals surface area contributed by atoms with Crippen LogP contribution in [0.1, 0.15) is 56.7 Å². The van der Waals surface area contributed by atoms with Gasteiger partial charge in [-0.05, 0) is 63.3 Å². The highest BCUT2D eigenvalue weighted by Gasteiger charge is 2.54. The lowest BCUT2D eigenvalue weighted by molar-refractivity contribution is -0.142. The zero-order valence-electron chi connectivity index (χ0n) is 22.8. The molecule has 6 nitrogen and oxygen atoms in total. The molecule has 1 aliphatic heterocycles. The van der Waals surface area contributed by atoms with Gasteiger partial charge in [-0.15, -0.1) is 12.6 Å². The fraction of sp³-hybridized carbons (Fsp3) is 0.375. The van der Waals surface area contributed by atoms with Gasteiger partial charge in [0.15, 0.2) is 0 Å². The van der Waals surface area contributed by atoms with E-state index in [0.717, 1.165) is 23.1 Å². The molecule has 1 saturated heterocycles. The Balaban J connectivity index is 1.94. The number of hydrogen-bond donors (Lipinski definition) is 3. The molecule has 0 aromatic heterocycles. The lowest BCUT2D eigenvalue weighted by Gasteiger charge is -2.50. The van der Waals surface area contributed by atoms with Crippen molar-refractivity contribution in [3.8, 4) is 0 Å². The zero-order chi connectivity index (χ0) is 28.1. The average molecular weight is 547 g/mol. The van der Waals surface area contributed by atoms with Crippen LogP contribution in [0.5, 0.6) is 0 Å². The van der Waals surface area contributed by atoms with Gasteiger partial charge in [0, 0.05) is 6.54 Å². The SMILES string of the molecule is CC(C)(C)OC(=O)N[C@@](S)(CCN1CCC[C@H]1C(=O)O)C(c1ccccc1)(c1ccccc1)c1ccccc1. The van der Waals surface area contributed by atoms with Crippen LogP contribution in [0.3, 0.4) is 0 Å². The third-order valence-electron chi connectivity index (χ3n) is 7.36. The van der Waals surface area contributed by atoms with Gasteiger partial charge in [-0.3, -0.25) is 9.69 Å². The Morgan fingerprint density at radius 1 is 0.897 bits per heavy atom. The molecule has 7 heteroatoms. The molecule has 1 amide bonds. The molecule has 3 aromatic rings. The van der Waals surface area contributed by atoms with Gasteiger partial charge >= 0.3 is 12.1 Å². The van der Waals surface area contributed by atoms with E-state index in [1.165, 1.54) is 0 Å². The number of carbonyl (C=O) groups is 2. The highest BCUT2D eigenvalue weighted by Crippen LogP contribution is 2.51. The predicted molar refractivity (Wildman–Crippen MR) is 157 cm³/mol. The topological polar surface area (TPSA) is 78.9 Å². The number of nitrogens with one attached hydrogen (secondary N) is 1. The van der Waals surface area contributed by atoms with E-state index in [1.54, 1.807) is 0 Å². The summed E-state index contributed by atoms with van der Waals surface area (Å²) in [6.07, 6.45) is 1.20. The van der Waals surface area contributed by atoms with Crippen molar-refractivity contribution in [3.63, 3.8) is 0 Å². The molecule has 1 aliphatic rings. The molecule has 2 N–H and O–H groups in total. The van der Waals surface area contributed by atoms with Crippen molar-refractivity contribution in [1.82, 2.24) is 10.2 Å². The van der Waals surface area contributed by atoms with Gasteiger partial charge in [0.05, 0.1) is 5.41 Å². The van der Waals surface area contributed by atoms with Crippen LogP contribution in [0.25, 0.3) is 0 Å². The predicted octanol–water partition coefficient (Wildman–Crippen LogP) is 6.11. The molecule has 0 spiro atoms. The van der Waals surface area contributed by atoms with Crippen LogP contribution in [0.15, 0.2) is 91.0 Å². The van der Waals surface area contributed by atoms with E-state index in [9.17, 15) is 14.7 Å². The van der Waals surface area contributed by atoms with Crippen molar-refractivity contribution in [1.29, 1.82) is 0 Å². The van der Waals surface area contributed by atoms with Crippen molar-refractivity contribution < 1.29 is 19.4 Å². The van der Waals surface area contributed by atoms with Crippen molar-refractivity contribution in [2.45, 2.75) is 62.0 Å². The largest absolute Gasteiger partial charge is 0.480 e. The maximum absolute atomic E-state index is 13.5. The molecule has 1 fully saturated rings. The fourth-order valence-electron chi connectivity index (χ4n) is 5.78. The summed E-state index contributed by atoms with van der Waals surface area (Å²) in [5.74, 6) is -0.821. The van der Waals surface area contributed by atoms with Crippen LogP contribution < -0.4 is 5.32 Å². The number of aliphatic carboxylic acids is 1. The van der Waals surface area contributed by atoms with Gasteiger partial charge in [0.1, 0.15) is 16.5 Å². The molecule has 4 rings (SSSR count). The van der Waals surface area contributed by atoms with Gasteiger partial charge in [-0.2, -0.15) is 0 Å². The second-order valence-corrected chi connectivity index (χ2v) is 11.9. The van der Waals surface area contributed by atoms with Gasteiger partial charge in [-0.1, -0.05) is 91.0 Å². The average Bonchev–Trinajstić information content (AvgIpc) is 3.38. The first-order valence-electron chi connectivity index (χ1n) is 13.4. The summed E-state index contributed by atoms with van der Waals surface area (Å²) in [4.78, 5) is 26.2. The second-order valence-electron chi connectivity index (χ2n) is 11.1. The number of rotatable bonds is 9. The van der Waals surface area contributed by atoms with Crippen LogP contribution >= 0.6 is 12.6 Å². The summed E-state index contributed by atoms with van der Waals surface area (Å²) in [5.41, 5.74) is 1.19. The molecule has 1 heterocycles. The Hall–Kier alpha value is -3.29. The Morgan fingerprint density at radius 3 is 1.77 bits per heavy atom. The number of benzene rings is 3. The minimum Gasteiger partial charge on any atom is -0.480 e. The maximum atomic E-state index is 13.5. The van der Waals surface area contributed by atoms with E-state index in [2.05, 4.69) is 41.7 Å². The van der Waals surface area contributed by atoms with E-state index in [-0.39, 0.29) is 0 Å². The van der Waals surface area contributed by atoms with Crippen molar-refractivity contribution in [2.75, 3.05) is 13.1 Å². The third-order valence-corrected chi connectivity index (χ3v) is 8.03. The quantitative estimate of drug-likeness (QED) is 0.171. The van der Waals surface area contributed by atoms with Crippen LogP contribution in [0.2, 0.25) is 0 Å². The Morgan fingerprint density at radius 2 is 1.36 bits per heavy atom. The number of thiol groups is 1. The van der Waals surface area contributed by atoms with Gasteiger partial charge in [0.25, 0.3) is 0 Å². The zero-order valence-corrected chi connectivity index (χ0v) is 23.7. The summed E-state index contributed by atoms with van der Waals surface area (Å²) in [6.45, 7) is 6.60. The molecular formula is C32H38N2O4S. The van der Waals surface area contributed by atoms with E-state index < -0.39 is 34.0 Å². The molecule has 0 aliphatic carbocycles. The highest BCUT2D eigenvalue weighted by molar-refractivity contribution is 7.82. The molecular weight excluding hydrogens is 508 g/mol. The van der Waals surface area contributed by atoms with Crippen molar-refractivity contribution in [3.05, 3.63) is 108 Å². The number of carboxylic acids is 1. The lowest BCUT2D eigenvalue weighted by Crippen LogP contribution is -2.61. The molecule has 3 aromatic carbocycles. The van der Waals surface area contributed by atoms with Gasteiger partial charge < -0.3 is 15.2 Å². The lowest BCUT2D eigenvalue weighted by atomic mass is 9.63. The van der Waals surface area contributed by atoms with E-state index in [0.29, 0.717) is 25.9 Å². The molecule has 2 atom stereocenters. The molecule has 0 unspecified atom stereocenters. The Labute approximate surface area is 236 Å². The first kappa shape index (κ1) is 28.7. The summed E-state index contributed by atoms with van der Waals surface area (Å²) >= 11 is 5.39. The summed E-state index contributed by atoms with van der Waals surface area (Å²) in [6, 6.07) is 29.6. The monoisotopic (exact) mass is 546 g/mol. The highest BCUT2D eigenvalue weighted by atomic mass is 32.1. The molecule has 0 saturated carbocycles. The number of nitrogens with zero attached hydrogens (tertiary/aromatic N) is 1. The molecule has 206 valence electrons. The van der Waals surface area contributed by atoms with Crippen LogP contribution in [0, 0.1) is 0 Å². The number of carbonyl (C=O) groups excluding carboxylic acids is 1. The van der Waals surface area contributed by atoms with Gasteiger partial charge in [0.2, 0.25) is 0 Å².